The molecule has 7 heteroatoms. The van der Waals surface area contributed by atoms with Crippen LogP contribution in [0.15, 0.2) is 18.2 Å². The van der Waals surface area contributed by atoms with Crippen LogP contribution in [0.2, 0.25) is 10.0 Å². The van der Waals surface area contributed by atoms with E-state index in [9.17, 15) is 5.11 Å². The van der Waals surface area contributed by atoms with E-state index < -0.39 is 0 Å². The van der Waals surface area contributed by atoms with Gasteiger partial charge in [0.1, 0.15) is 5.75 Å². The normalized spacial score (nSPS) is 11.3. The van der Waals surface area contributed by atoms with Gasteiger partial charge in [0.15, 0.2) is 5.75 Å². The molecule has 0 saturated carbocycles. The first-order chi connectivity index (χ1) is 9.93. The molecular weight excluding hydrogens is 315 g/mol. The Bertz CT molecular complexity index is 696. The van der Waals surface area contributed by atoms with Gasteiger partial charge in [0.25, 0.3) is 0 Å². The van der Waals surface area contributed by atoms with Crippen LogP contribution in [0.5, 0.6) is 17.4 Å². The summed E-state index contributed by atoms with van der Waals surface area (Å²) in [7, 11) is 1.72. The number of phenolic OH excluding ortho intramolecular Hbond substituents is 1. The van der Waals surface area contributed by atoms with Crippen molar-refractivity contribution in [3.05, 3.63) is 39.5 Å². The molecule has 1 aromatic heterocycles. The van der Waals surface area contributed by atoms with E-state index in [1.165, 1.54) is 12.1 Å². The number of hydrogen-bond acceptors (Lipinski definition) is 4. The fourth-order valence-electron chi connectivity index (χ4n) is 1.84. The predicted molar refractivity (Wildman–Crippen MR) is 82.3 cm³/mol. The molecule has 0 aliphatic rings. The molecule has 1 aromatic carbocycles. The van der Waals surface area contributed by atoms with Gasteiger partial charge in [-0.25, -0.2) is 4.68 Å². The van der Waals surface area contributed by atoms with Gasteiger partial charge in [0.05, 0.1) is 27.9 Å². The molecule has 0 radical (unpaired) electrons. The number of nitrogens with zero attached hydrogens (tertiary/aromatic N) is 2. The lowest BCUT2D eigenvalue weighted by Gasteiger charge is -2.10. The van der Waals surface area contributed by atoms with E-state index in [2.05, 4.69) is 5.10 Å². The van der Waals surface area contributed by atoms with Gasteiger partial charge in [0.2, 0.25) is 5.88 Å². The molecule has 2 aromatic rings. The van der Waals surface area contributed by atoms with Crippen LogP contribution in [-0.2, 0) is 7.05 Å². The van der Waals surface area contributed by atoms with Crippen LogP contribution in [0.4, 0.5) is 0 Å². The van der Waals surface area contributed by atoms with Crippen molar-refractivity contribution in [2.45, 2.75) is 6.92 Å². The van der Waals surface area contributed by atoms with Crippen molar-refractivity contribution in [2.24, 2.45) is 7.05 Å². The maximum Gasteiger partial charge on any atom is 0.225 e. The van der Waals surface area contributed by atoms with Gasteiger partial charge in [-0.1, -0.05) is 29.3 Å². The number of hydrogen-bond donors (Lipinski definition) is 2. The Morgan fingerprint density at radius 3 is 2.71 bits per heavy atom. The number of aliphatic hydroxyl groups excluding tert-OH is 1. The quantitative estimate of drug-likeness (QED) is 0.900. The molecule has 0 saturated heterocycles. The summed E-state index contributed by atoms with van der Waals surface area (Å²) in [5.74, 6) is 0.587. The van der Waals surface area contributed by atoms with Gasteiger partial charge in [-0.2, -0.15) is 5.10 Å². The Morgan fingerprint density at radius 1 is 1.33 bits per heavy atom. The lowest BCUT2D eigenvalue weighted by atomic mass is 10.2. The minimum Gasteiger partial charge on any atom is -0.506 e. The summed E-state index contributed by atoms with van der Waals surface area (Å²) in [4.78, 5) is 0. The fourth-order valence-corrected chi connectivity index (χ4v) is 2.26. The second kappa shape index (κ2) is 6.39. The molecule has 112 valence electrons. The topological polar surface area (TPSA) is 67.5 Å². The number of aliphatic hydroxyl groups is 1. The highest BCUT2D eigenvalue weighted by atomic mass is 35.5. The second-order valence-corrected chi connectivity index (χ2v) is 5.16. The average molecular weight is 329 g/mol. The molecule has 0 fully saturated rings. The molecule has 0 atom stereocenters. The SMILES string of the molecule is Cc1nn(C)c(Oc2cc(O)c(Cl)cc2Cl)c1/C=C/CO. The highest BCUT2D eigenvalue weighted by Crippen LogP contribution is 2.38. The lowest BCUT2D eigenvalue weighted by molar-refractivity contribution is 0.343. The molecule has 0 bridgehead atoms. The number of ether oxygens (including phenoxy) is 1. The Labute approximate surface area is 132 Å². The highest BCUT2D eigenvalue weighted by molar-refractivity contribution is 6.36. The van der Waals surface area contributed by atoms with E-state index in [0.717, 1.165) is 11.3 Å². The van der Waals surface area contributed by atoms with Gasteiger partial charge in [0, 0.05) is 13.1 Å². The van der Waals surface area contributed by atoms with Crippen molar-refractivity contribution >= 4 is 29.3 Å². The summed E-state index contributed by atoms with van der Waals surface area (Å²) in [5.41, 5.74) is 1.46. The van der Waals surface area contributed by atoms with Gasteiger partial charge < -0.3 is 14.9 Å². The zero-order valence-electron chi connectivity index (χ0n) is 11.5. The number of aryl methyl sites for hydroxylation is 2. The Kier molecular flexibility index (Phi) is 4.77. The molecule has 0 unspecified atom stereocenters. The van der Waals surface area contributed by atoms with Crippen molar-refractivity contribution < 1.29 is 14.9 Å². The predicted octanol–water partition coefficient (Wildman–Crippen LogP) is 3.54. The summed E-state index contributed by atoms with van der Waals surface area (Å²) in [6.07, 6.45) is 3.29. The standard InChI is InChI=1S/C14H14Cl2N2O3/c1-8-9(4-3-5-19)14(18(2)17-8)21-13-7-12(20)10(15)6-11(13)16/h3-4,6-7,19-20H,5H2,1-2H3/b4-3+. The number of rotatable bonds is 4. The molecule has 2 rings (SSSR count). The molecule has 21 heavy (non-hydrogen) atoms. The Balaban J connectivity index is 2.44. The van der Waals surface area contributed by atoms with Crippen molar-refractivity contribution in [1.29, 1.82) is 0 Å². The van der Waals surface area contributed by atoms with Crippen LogP contribution in [0.1, 0.15) is 11.3 Å². The molecule has 0 aliphatic heterocycles. The number of aromatic nitrogens is 2. The van der Waals surface area contributed by atoms with Gasteiger partial charge in [-0.05, 0) is 19.1 Å². The number of halogens is 2. The summed E-state index contributed by atoms with van der Waals surface area (Å²) < 4.78 is 7.29. The Hall–Kier alpha value is -1.69. The number of benzene rings is 1. The first kappa shape index (κ1) is 15.7. The molecular formula is C14H14Cl2N2O3. The molecule has 5 nitrogen and oxygen atoms in total. The summed E-state index contributed by atoms with van der Waals surface area (Å²) in [6, 6.07) is 2.74. The van der Waals surface area contributed by atoms with Crippen LogP contribution in [-0.4, -0.2) is 26.6 Å². The largest absolute Gasteiger partial charge is 0.506 e. The van der Waals surface area contributed by atoms with Gasteiger partial charge in [-0.15, -0.1) is 0 Å². The average Bonchev–Trinajstić information content (AvgIpc) is 2.68. The van der Waals surface area contributed by atoms with E-state index in [0.29, 0.717) is 5.88 Å². The van der Waals surface area contributed by atoms with Crippen LogP contribution < -0.4 is 4.74 Å². The van der Waals surface area contributed by atoms with Crippen LogP contribution in [0, 0.1) is 6.92 Å². The van der Waals surface area contributed by atoms with E-state index in [1.807, 2.05) is 6.92 Å². The second-order valence-electron chi connectivity index (χ2n) is 4.35. The fraction of sp³-hybridized carbons (Fsp3) is 0.214. The van der Waals surface area contributed by atoms with Gasteiger partial charge in [-0.3, -0.25) is 0 Å². The molecule has 2 N–H and O–H groups in total. The van der Waals surface area contributed by atoms with Crippen molar-refractivity contribution in [1.82, 2.24) is 9.78 Å². The minimum atomic E-state index is -0.123. The van der Waals surface area contributed by atoms with Crippen molar-refractivity contribution in [2.75, 3.05) is 6.61 Å². The third kappa shape index (κ3) is 3.32. The zero-order chi connectivity index (χ0) is 15.6. The molecule has 1 heterocycles. The van der Waals surface area contributed by atoms with Crippen molar-refractivity contribution in [3.8, 4) is 17.4 Å². The Morgan fingerprint density at radius 2 is 2.05 bits per heavy atom. The zero-order valence-corrected chi connectivity index (χ0v) is 13.0. The van der Waals surface area contributed by atoms with E-state index in [4.69, 9.17) is 33.0 Å². The minimum absolute atomic E-state index is 0.0870. The molecule has 0 spiro atoms. The first-order valence-electron chi connectivity index (χ1n) is 6.11. The van der Waals surface area contributed by atoms with Crippen LogP contribution >= 0.6 is 23.2 Å². The molecule has 0 aliphatic carbocycles. The van der Waals surface area contributed by atoms with Crippen molar-refractivity contribution in [3.63, 3.8) is 0 Å². The maximum absolute atomic E-state index is 9.65. The number of phenols is 1. The maximum atomic E-state index is 9.65. The summed E-state index contributed by atoms with van der Waals surface area (Å²) in [6.45, 7) is 1.74. The van der Waals surface area contributed by atoms with E-state index in [1.54, 1.807) is 23.9 Å². The highest BCUT2D eigenvalue weighted by Gasteiger charge is 2.16. The van der Waals surface area contributed by atoms with E-state index in [-0.39, 0.29) is 28.2 Å². The monoisotopic (exact) mass is 328 g/mol. The third-order valence-corrected chi connectivity index (χ3v) is 3.41. The third-order valence-electron chi connectivity index (χ3n) is 2.81. The number of aromatic hydroxyl groups is 1. The molecule has 0 amide bonds. The van der Waals surface area contributed by atoms with Crippen LogP contribution in [0.25, 0.3) is 6.08 Å². The summed E-state index contributed by atoms with van der Waals surface area (Å²) >= 11 is 11.8. The smallest absolute Gasteiger partial charge is 0.225 e. The van der Waals surface area contributed by atoms with E-state index >= 15 is 0 Å². The van der Waals surface area contributed by atoms with Crippen LogP contribution in [0.3, 0.4) is 0 Å². The first-order valence-corrected chi connectivity index (χ1v) is 6.86. The lowest BCUT2D eigenvalue weighted by Crippen LogP contribution is -1.96. The summed E-state index contributed by atoms with van der Waals surface area (Å²) in [5, 5.41) is 23.2. The van der Waals surface area contributed by atoms with Gasteiger partial charge >= 0.3 is 0 Å².